The summed E-state index contributed by atoms with van der Waals surface area (Å²) in [6.45, 7) is 2.08. The van der Waals surface area contributed by atoms with Gasteiger partial charge in [0.25, 0.3) is 5.56 Å². The van der Waals surface area contributed by atoms with Crippen molar-refractivity contribution in [3.63, 3.8) is 0 Å². The summed E-state index contributed by atoms with van der Waals surface area (Å²) in [5.74, 6) is -0.111. The second-order valence-corrected chi connectivity index (χ2v) is 6.19. The molecular weight excluding hydrogens is 304 g/mol. The Morgan fingerprint density at radius 3 is 2.75 bits per heavy atom. The molecule has 0 N–H and O–H groups in total. The molecule has 1 fully saturated rings. The minimum Gasteiger partial charge on any atom is -0.462 e. The molecule has 1 aromatic carbocycles. The van der Waals surface area contributed by atoms with Gasteiger partial charge in [-0.25, -0.2) is 4.79 Å². The maximum Gasteiger partial charge on any atom is 0.340 e. The van der Waals surface area contributed by atoms with Crippen LogP contribution in [0.2, 0.25) is 0 Å². The average molecular weight is 322 g/mol. The fourth-order valence-electron chi connectivity index (χ4n) is 3.19. The van der Waals surface area contributed by atoms with Crippen LogP contribution in [0.1, 0.15) is 41.7 Å². The highest BCUT2D eigenvalue weighted by Gasteiger charge is 2.31. The molecule has 0 spiro atoms. The Labute approximate surface area is 138 Å². The Morgan fingerprint density at radius 2 is 2.04 bits per heavy atom. The number of aryl methyl sites for hydroxylation is 1. The van der Waals surface area contributed by atoms with Gasteiger partial charge in [0.15, 0.2) is 0 Å². The number of pyridine rings is 2. The van der Waals surface area contributed by atoms with Crippen LogP contribution in [0, 0.1) is 0 Å². The third kappa shape index (κ3) is 2.19. The maximum absolute atomic E-state index is 12.7. The first-order valence-electron chi connectivity index (χ1n) is 8.21. The van der Waals surface area contributed by atoms with Gasteiger partial charge in [0, 0.05) is 18.4 Å². The highest BCUT2D eigenvalue weighted by atomic mass is 16.5. The van der Waals surface area contributed by atoms with Crippen molar-refractivity contribution in [1.82, 2.24) is 9.55 Å². The van der Waals surface area contributed by atoms with Crippen LogP contribution in [0.5, 0.6) is 0 Å². The van der Waals surface area contributed by atoms with Gasteiger partial charge < -0.3 is 9.30 Å². The number of nitrogens with zero attached hydrogens (tertiary/aromatic N) is 2. The molecule has 1 aliphatic carbocycles. The van der Waals surface area contributed by atoms with E-state index in [1.807, 2.05) is 24.3 Å². The van der Waals surface area contributed by atoms with E-state index in [-0.39, 0.29) is 11.5 Å². The predicted octanol–water partition coefficient (Wildman–Crippen LogP) is 3.14. The van der Waals surface area contributed by atoms with Crippen LogP contribution < -0.4 is 5.56 Å². The molecule has 3 aromatic rings. The minimum absolute atomic E-state index is 0.149. The second-order valence-electron chi connectivity index (χ2n) is 6.19. The molecule has 0 bridgehead atoms. The molecule has 0 atom stereocenters. The molecule has 5 nitrogen and oxygen atoms in total. The lowest BCUT2D eigenvalue weighted by molar-refractivity contribution is 0.0524. The number of benzene rings is 1. The van der Waals surface area contributed by atoms with E-state index < -0.39 is 5.97 Å². The molecule has 0 saturated heterocycles. The van der Waals surface area contributed by atoms with E-state index >= 15 is 0 Å². The summed E-state index contributed by atoms with van der Waals surface area (Å²) in [5, 5.41) is 1.38. The Hall–Kier alpha value is -2.69. The topological polar surface area (TPSA) is 61.2 Å². The number of esters is 1. The van der Waals surface area contributed by atoms with Gasteiger partial charge >= 0.3 is 5.97 Å². The van der Waals surface area contributed by atoms with Crippen LogP contribution in [-0.4, -0.2) is 22.1 Å². The number of ether oxygens (including phenoxy) is 1. The van der Waals surface area contributed by atoms with Crippen molar-refractivity contribution < 1.29 is 9.53 Å². The molecule has 0 amide bonds. The Bertz CT molecular complexity index is 1030. The summed E-state index contributed by atoms with van der Waals surface area (Å²) in [6, 6.07) is 9.38. The van der Waals surface area contributed by atoms with E-state index in [2.05, 4.69) is 0 Å². The summed E-state index contributed by atoms with van der Waals surface area (Å²) < 4.78 is 6.77. The van der Waals surface area contributed by atoms with Gasteiger partial charge in [-0.3, -0.25) is 9.78 Å². The summed E-state index contributed by atoms with van der Waals surface area (Å²) in [7, 11) is 1.74. The van der Waals surface area contributed by atoms with E-state index in [1.54, 1.807) is 24.6 Å². The number of fused-ring (bicyclic) bond motifs is 3. The summed E-state index contributed by atoms with van der Waals surface area (Å²) in [4.78, 5) is 29.8. The summed E-state index contributed by atoms with van der Waals surface area (Å²) in [6.07, 6.45) is 2.04. The number of aromatic nitrogens is 2. The van der Waals surface area contributed by atoms with Crippen molar-refractivity contribution in [1.29, 1.82) is 0 Å². The van der Waals surface area contributed by atoms with Crippen LogP contribution in [0.25, 0.3) is 21.8 Å². The molecule has 0 unspecified atom stereocenters. The van der Waals surface area contributed by atoms with Crippen molar-refractivity contribution >= 4 is 27.8 Å². The Kier molecular flexibility index (Phi) is 3.37. The number of para-hydroxylation sites is 1. The first kappa shape index (κ1) is 14.9. The minimum atomic E-state index is -0.399. The van der Waals surface area contributed by atoms with Gasteiger partial charge in [-0.1, -0.05) is 18.2 Å². The van der Waals surface area contributed by atoms with Crippen molar-refractivity contribution in [2.24, 2.45) is 7.05 Å². The van der Waals surface area contributed by atoms with Gasteiger partial charge in [0.05, 0.1) is 34.3 Å². The molecule has 0 aliphatic heterocycles. The summed E-state index contributed by atoms with van der Waals surface area (Å²) in [5.41, 5.74) is 2.56. The van der Waals surface area contributed by atoms with Gasteiger partial charge in [-0.15, -0.1) is 0 Å². The largest absolute Gasteiger partial charge is 0.462 e. The van der Waals surface area contributed by atoms with Crippen molar-refractivity contribution in [2.75, 3.05) is 6.61 Å². The lowest BCUT2D eigenvalue weighted by atomic mass is 10.0. The molecule has 24 heavy (non-hydrogen) atoms. The van der Waals surface area contributed by atoms with E-state index in [9.17, 15) is 9.59 Å². The standard InChI is InChI=1S/C19H18N2O3/c1-3-24-19(23)14-10-13-17(20-16(14)11-8-9-11)12-6-4-5-7-15(12)21(2)18(13)22/h4-7,10-11H,3,8-9H2,1-2H3. The summed E-state index contributed by atoms with van der Waals surface area (Å²) >= 11 is 0. The fraction of sp³-hybridized carbons (Fsp3) is 0.316. The third-order valence-corrected chi connectivity index (χ3v) is 4.57. The lowest BCUT2D eigenvalue weighted by Crippen LogP contribution is -2.19. The zero-order chi connectivity index (χ0) is 16.8. The van der Waals surface area contributed by atoms with Crippen LogP contribution >= 0.6 is 0 Å². The van der Waals surface area contributed by atoms with Gasteiger partial charge in [-0.2, -0.15) is 0 Å². The first-order chi connectivity index (χ1) is 11.6. The van der Waals surface area contributed by atoms with Gasteiger partial charge in [0.1, 0.15) is 0 Å². The molecule has 5 heteroatoms. The highest BCUT2D eigenvalue weighted by Crippen LogP contribution is 2.41. The Balaban J connectivity index is 2.11. The number of hydrogen-bond acceptors (Lipinski definition) is 4. The normalized spacial score (nSPS) is 14.2. The van der Waals surface area contributed by atoms with Crippen LogP contribution in [0.3, 0.4) is 0 Å². The second kappa shape index (κ2) is 5.44. The van der Waals surface area contributed by atoms with Crippen molar-refractivity contribution in [3.8, 4) is 0 Å². The number of hydrogen-bond donors (Lipinski definition) is 0. The molecule has 1 aliphatic rings. The average Bonchev–Trinajstić information content (AvgIpc) is 3.44. The monoisotopic (exact) mass is 322 g/mol. The maximum atomic E-state index is 12.7. The molecule has 2 heterocycles. The number of carbonyl (C=O) groups excluding carboxylic acids is 1. The quantitative estimate of drug-likeness (QED) is 0.549. The molecule has 4 rings (SSSR count). The number of rotatable bonds is 3. The lowest BCUT2D eigenvalue weighted by Gasteiger charge is -2.12. The third-order valence-electron chi connectivity index (χ3n) is 4.57. The van der Waals surface area contributed by atoms with Crippen molar-refractivity contribution in [3.05, 3.63) is 51.9 Å². The molecule has 1 saturated carbocycles. The van der Waals surface area contributed by atoms with Crippen LogP contribution in [0.4, 0.5) is 0 Å². The molecule has 0 radical (unpaired) electrons. The van der Waals surface area contributed by atoms with E-state index in [4.69, 9.17) is 9.72 Å². The smallest absolute Gasteiger partial charge is 0.340 e. The SMILES string of the molecule is CCOC(=O)c1cc2c(=O)n(C)c3ccccc3c2nc1C1CC1. The van der Waals surface area contributed by atoms with Gasteiger partial charge in [0.2, 0.25) is 0 Å². The van der Waals surface area contributed by atoms with E-state index in [0.717, 1.165) is 29.4 Å². The van der Waals surface area contributed by atoms with Crippen molar-refractivity contribution in [2.45, 2.75) is 25.7 Å². The zero-order valence-electron chi connectivity index (χ0n) is 13.7. The fourth-order valence-corrected chi connectivity index (χ4v) is 3.19. The highest BCUT2D eigenvalue weighted by molar-refractivity contribution is 6.05. The van der Waals surface area contributed by atoms with E-state index in [1.165, 1.54) is 0 Å². The zero-order valence-corrected chi connectivity index (χ0v) is 13.7. The Morgan fingerprint density at radius 1 is 1.29 bits per heavy atom. The van der Waals surface area contributed by atoms with Crippen LogP contribution in [0.15, 0.2) is 35.1 Å². The number of carbonyl (C=O) groups is 1. The van der Waals surface area contributed by atoms with E-state index in [0.29, 0.717) is 23.1 Å². The first-order valence-corrected chi connectivity index (χ1v) is 8.21. The molecular formula is C19H18N2O3. The predicted molar refractivity (Wildman–Crippen MR) is 92.4 cm³/mol. The van der Waals surface area contributed by atoms with Crippen LogP contribution in [-0.2, 0) is 11.8 Å². The van der Waals surface area contributed by atoms with Gasteiger partial charge in [-0.05, 0) is 31.9 Å². The molecule has 122 valence electrons. The molecule has 2 aromatic heterocycles.